The molecule has 10 nitrogen and oxygen atoms in total. The molecule has 4 aromatic rings. The number of likely N-dealkylation sites (tertiary alicyclic amines) is 2. The molecule has 312 valence electrons. The zero-order valence-corrected chi connectivity index (χ0v) is 34.8. The summed E-state index contributed by atoms with van der Waals surface area (Å²) in [5.41, 5.74) is 8.62. The van der Waals surface area contributed by atoms with E-state index in [2.05, 4.69) is 38.9 Å². The molecule has 13 heteroatoms. The Morgan fingerprint density at radius 2 is 1.13 bits per heavy atom. The molecule has 2 aliphatic carbocycles. The summed E-state index contributed by atoms with van der Waals surface area (Å²) in [5, 5.41) is 9.32. The maximum Gasteiger partial charge on any atom is 0.336 e. The molecule has 0 bridgehead atoms. The predicted molar refractivity (Wildman–Crippen MR) is 223 cm³/mol. The molecule has 61 heavy (non-hydrogen) atoms. The smallest absolute Gasteiger partial charge is 0.336 e. The van der Waals surface area contributed by atoms with Crippen molar-refractivity contribution in [3.63, 3.8) is 0 Å². The summed E-state index contributed by atoms with van der Waals surface area (Å²) < 4.78 is 41.8. The maximum atomic E-state index is 13.3. The first-order chi connectivity index (χ1) is 29.4. The van der Waals surface area contributed by atoms with Crippen molar-refractivity contribution in [3.05, 3.63) is 189 Å². The van der Waals surface area contributed by atoms with Gasteiger partial charge in [-0.3, -0.25) is 9.59 Å². The van der Waals surface area contributed by atoms with Crippen molar-refractivity contribution in [1.29, 1.82) is 0 Å². The van der Waals surface area contributed by atoms with Crippen LogP contribution in [0.3, 0.4) is 0 Å². The van der Waals surface area contributed by atoms with Gasteiger partial charge in [0.1, 0.15) is 11.6 Å². The third-order valence-corrected chi connectivity index (χ3v) is 12.2. The van der Waals surface area contributed by atoms with Crippen LogP contribution >= 0.6 is 15.9 Å². The number of carbonyl (C=O) groups is 4. The summed E-state index contributed by atoms with van der Waals surface area (Å²) in [7, 11) is 0. The molecule has 10 rings (SSSR count). The lowest BCUT2D eigenvalue weighted by molar-refractivity contribution is -0.152. The Hall–Kier alpha value is -6.34. The average molecular weight is 892 g/mol. The first-order valence-corrected chi connectivity index (χ1v) is 20.7. The number of rotatable bonds is 6. The lowest BCUT2D eigenvalue weighted by atomic mass is 9.97. The zero-order valence-electron chi connectivity index (χ0n) is 33.2. The van der Waals surface area contributed by atoms with E-state index < -0.39 is 12.3 Å². The fourth-order valence-corrected chi connectivity index (χ4v) is 9.35. The SMILES string of the molecule is CC1=CC(Br)OC1=O.CC1=CC(O/C=C2/C(=O)N(Cc3ccc(F)cc3)C3c4ccccc4CC23)OC1=O.O=C1/C(=C/O)C2Cc3ccccc3C2N1Cc1ccc(F)cc1. The molecule has 6 unspecified atom stereocenters. The highest BCUT2D eigenvalue weighted by molar-refractivity contribution is 9.09. The van der Waals surface area contributed by atoms with Gasteiger partial charge in [0, 0.05) is 42.1 Å². The Balaban J connectivity index is 0.000000146. The molecule has 0 saturated carbocycles. The van der Waals surface area contributed by atoms with Gasteiger partial charge < -0.3 is 29.1 Å². The van der Waals surface area contributed by atoms with E-state index in [4.69, 9.17) is 9.47 Å². The number of cyclic esters (lactones) is 2. The molecule has 1 N–H and O–H groups in total. The van der Waals surface area contributed by atoms with Gasteiger partial charge >= 0.3 is 11.9 Å². The molecular formula is C48H41BrF2N2O8. The van der Waals surface area contributed by atoms with Crippen molar-refractivity contribution in [2.24, 2.45) is 11.8 Å². The van der Waals surface area contributed by atoms with Crippen molar-refractivity contribution >= 4 is 39.7 Å². The second-order valence-corrected chi connectivity index (χ2v) is 16.5. The second kappa shape index (κ2) is 17.3. The highest BCUT2D eigenvalue weighted by Gasteiger charge is 2.50. The Kier molecular flexibility index (Phi) is 11.8. The van der Waals surface area contributed by atoms with Crippen molar-refractivity contribution in [2.75, 3.05) is 0 Å². The van der Waals surface area contributed by atoms with Gasteiger partial charge in [-0.15, -0.1) is 0 Å². The molecule has 2 fully saturated rings. The fourth-order valence-electron chi connectivity index (χ4n) is 8.79. The maximum absolute atomic E-state index is 13.3. The normalized spacial score (nSPS) is 25.5. The van der Waals surface area contributed by atoms with Gasteiger partial charge in [0.05, 0.1) is 35.8 Å². The first-order valence-electron chi connectivity index (χ1n) is 19.8. The van der Waals surface area contributed by atoms with Crippen LogP contribution in [0.1, 0.15) is 59.3 Å². The van der Waals surface area contributed by atoms with E-state index in [0.717, 1.165) is 41.4 Å². The van der Waals surface area contributed by atoms with Gasteiger partial charge in [-0.1, -0.05) is 72.8 Å². The van der Waals surface area contributed by atoms with Gasteiger partial charge in [-0.25, -0.2) is 18.4 Å². The van der Waals surface area contributed by atoms with Gasteiger partial charge in [-0.05, 0) is 106 Å². The number of halogens is 3. The number of amides is 2. The minimum absolute atomic E-state index is 0.00894. The van der Waals surface area contributed by atoms with E-state index >= 15 is 0 Å². The van der Waals surface area contributed by atoms with E-state index in [1.54, 1.807) is 55.2 Å². The molecule has 4 heterocycles. The Bertz CT molecular complexity index is 2520. The topological polar surface area (TPSA) is 123 Å². The van der Waals surface area contributed by atoms with Crippen molar-refractivity contribution in [3.8, 4) is 0 Å². The van der Waals surface area contributed by atoms with Crippen LogP contribution in [0.5, 0.6) is 0 Å². The van der Waals surface area contributed by atoms with Crippen LogP contribution in [0.4, 0.5) is 8.78 Å². The number of benzene rings is 4. The number of carbonyl (C=O) groups excluding carboxylic acids is 4. The van der Waals surface area contributed by atoms with E-state index in [1.165, 1.54) is 41.7 Å². The summed E-state index contributed by atoms with van der Waals surface area (Å²) in [6, 6.07) is 28.4. The van der Waals surface area contributed by atoms with E-state index in [9.17, 15) is 33.1 Å². The Labute approximate surface area is 359 Å². The standard InChI is InChI=1S/C24H20FNO4.C19H16FNO2.C5H5BrO2/c1-14-10-21(30-24(14)28)29-13-20-19-11-16-4-2-3-5-18(16)22(19)26(23(20)27)12-15-6-8-17(25)9-7-15;20-14-7-5-12(6-8-14)10-21-18-15-4-2-1-3-13(15)9-16(18)17(11-22)19(21)23;1-3-2-4(6)8-5(3)7/h2-10,13,19,21-22H,11-12H2,1H3;1-8,11,16,18,22H,9-10H2;2,4H,1H3/b20-13+;17-11+;. The molecule has 2 amide bonds. The fraction of sp³-hybridized carbons (Fsp3) is 0.250. The summed E-state index contributed by atoms with van der Waals surface area (Å²) in [5.74, 6) is -1.55. The van der Waals surface area contributed by atoms with Gasteiger partial charge in [-0.2, -0.15) is 0 Å². The van der Waals surface area contributed by atoms with E-state index in [0.29, 0.717) is 35.4 Å². The number of fused-ring (bicyclic) bond motifs is 6. The number of hydrogen-bond acceptors (Lipinski definition) is 8. The van der Waals surface area contributed by atoms with Crippen LogP contribution < -0.4 is 0 Å². The van der Waals surface area contributed by atoms with Gasteiger partial charge in [0.15, 0.2) is 5.01 Å². The number of aliphatic hydroxyl groups excluding tert-OH is 1. The summed E-state index contributed by atoms with van der Waals surface area (Å²) in [4.78, 5) is 51.6. The number of aliphatic hydroxyl groups is 1. The third-order valence-electron chi connectivity index (χ3n) is 11.7. The average Bonchev–Trinajstić information content (AvgIpc) is 4.07. The highest BCUT2D eigenvalue weighted by atomic mass is 79.9. The number of alkyl halides is 1. The highest BCUT2D eigenvalue weighted by Crippen LogP contribution is 2.51. The zero-order chi connectivity index (χ0) is 42.9. The Morgan fingerprint density at radius 1 is 0.672 bits per heavy atom. The van der Waals surface area contributed by atoms with E-state index in [1.807, 2.05) is 35.2 Å². The number of esters is 2. The van der Waals surface area contributed by atoms with Crippen molar-refractivity contribution < 1.29 is 47.3 Å². The summed E-state index contributed by atoms with van der Waals surface area (Å²) >= 11 is 3.10. The first kappa shape index (κ1) is 41.4. The number of ether oxygens (including phenoxy) is 3. The number of hydrogen-bond donors (Lipinski definition) is 1. The third kappa shape index (κ3) is 8.39. The quantitative estimate of drug-likeness (QED) is 0.0885. The van der Waals surface area contributed by atoms with Crippen molar-refractivity contribution in [1.82, 2.24) is 9.80 Å². The van der Waals surface area contributed by atoms with E-state index in [-0.39, 0.29) is 58.4 Å². The van der Waals surface area contributed by atoms with Crippen LogP contribution in [0, 0.1) is 23.5 Å². The molecule has 4 aromatic carbocycles. The summed E-state index contributed by atoms with van der Waals surface area (Å²) in [6.07, 6.45) is 6.41. The molecule has 0 spiro atoms. The van der Waals surface area contributed by atoms with Crippen LogP contribution in [0.2, 0.25) is 0 Å². The van der Waals surface area contributed by atoms with Gasteiger partial charge in [0.2, 0.25) is 0 Å². The van der Waals surface area contributed by atoms with Crippen molar-refractivity contribution in [2.45, 2.75) is 63.2 Å². The predicted octanol–water partition coefficient (Wildman–Crippen LogP) is 8.55. The molecule has 2 saturated heterocycles. The van der Waals surface area contributed by atoms with Crippen LogP contribution in [-0.2, 0) is 59.3 Å². The minimum Gasteiger partial charge on any atom is -0.515 e. The Morgan fingerprint density at radius 3 is 1.56 bits per heavy atom. The largest absolute Gasteiger partial charge is 0.515 e. The second-order valence-electron chi connectivity index (χ2n) is 15.6. The minimum atomic E-state index is -0.814. The summed E-state index contributed by atoms with van der Waals surface area (Å²) in [6.45, 7) is 4.17. The molecule has 4 aliphatic heterocycles. The molecule has 6 atom stereocenters. The monoisotopic (exact) mass is 890 g/mol. The molecule has 6 aliphatic rings. The van der Waals surface area contributed by atoms with Crippen LogP contribution in [0.25, 0.3) is 0 Å². The number of nitrogens with zero attached hydrogens (tertiary/aromatic N) is 2. The molecular weight excluding hydrogens is 850 g/mol. The van der Waals surface area contributed by atoms with Crippen LogP contribution in [0.15, 0.2) is 144 Å². The molecule has 0 aromatic heterocycles. The molecule has 0 radical (unpaired) electrons. The van der Waals surface area contributed by atoms with Crippen LogP contribution in [-0.4, -0.2) is 50.0 Å². The lowest BCUT2D eigenvalue weighted by Crippen LogP contribution is -2.27. The van der Waals surface area contributed by atoms with Gasteiger partial charge in [0.25, 0.3) is 18.1 Å². The lowest BCUT2D eigenvalue weighted by Gasteiger charge is -2.24.